The van der Waals surface area contributed by atoms with Gasteiger partial charge in [-0.1, -0.05) is 19.3 Å². The first-order valence-corrected chi connectivity index (χ1v) is 10.9. The van der Waals surface area contributed by atoms with Crippen molar-refractivity contribution in [1.29, 1.82) is 0 Å². The number of aliphatic imine (C=N–C) groups is 1. The van der Waals surface area contributed by atoms with Crippen molar-refractivity contribution in [3.8, 4) is 11.5 Å². The van der Waals surface area contributed by atoms with Gasteiger partial charge in [0, 0.05) is 37.3 Å². The molecular formula is C22H37IN4O3. The molecule has 0 aromatic heterocycles. The number of hydrogen-bond acceptors (Lipinski definition) is 5. The van der Waals surface area contributed by atoms with Crippen LogP contribution in [-0.2, 0) is 11.3 Å². The number of guanidine groups is 1. The van der Waals surface area contributed by atoms with Gasteiger partial charge in [0.25, 0.3) is 0 Å². The number of hydrogen-bond donors (Lipinski definition) is 3. The first-order chi connectivity index (χ1) is 14.2. The molecule has 1 aliphatic carbocycles. The molecule has 3 rings (SSSR count). The molecule has 170 valence electrons. The number of phenolic OH excluding ortho intramolecular Hbond substituents is 1. The molecule has 1 aromatic rings. The standard InChI is InChI=1S/C22H36N4O3.HI/c1-3-23-21(24-16-18-15-19(28-2)7-8-20(18)27)25-17-22(9-5-4-6-10-22)26-11-13-29-14-12-26;/h7-8,15,27H,3-6,9-14,16-17H2,1-2H3,(H2,23,24,25);1H. The number of morpholine rings is 1. The summed E-state index contributed by atoms with van der Waals surface area (Å²) in [6.45, 7) is 7.79. The van der Waals surface area contributed by atoms with Crippen LogP contribution in [0.3, 0.4) is 0 Å². The van der Waals surface area contributed by atoms with E-state index in [1.54, 1.807) is 19.2 Å². The van der Waals surface area contributed by atoms with E-state index in [1.807, 2.05) is 6.07 Å². The Kier molecular flexibility index (Phi) is 10.5. The average Bonchev–Trinajstić information content (AvgIpc) is 2.78. The summed E-state index contributed by atoms with van der Waals surface area (Å²) in [5, 5.41) is 17.1. The maximum Gasteiger partial charge on any atom is 0.191 e. The number of ether oxygens (including phenoxy) is 2. The number of benzene rings is 1. The van der Waals surface area contributed by atoms with Crippen molar-refractivity contribution in [2.45, 2.75) is 51.1 Å². The van der Waals surface area contributed by atoms with Crippen molar-refractivity contribution < 1.29 is 14.6 Å². The molecule has 7 nitrogen and oxygen atoms in total. The monoisotopic (exact) mass is 532 g/mol. The molecule has 0 spiro atoms. The van der Waals surface area contributed by atoms with Crippen molar-refractivity contribution in [2.75, 3.05) is 46.5 Å². The molecule has 2 aliphatic rings. The highest BCUT2D eigenvalue weighted by atomic mass is 127. The Morgan fingerprint density at radius 1 is 1.20 bits per heavy atom. The number of rotatable bonds is 7. The van der Waals surface area contributed by atoms with Gasteiger partial charge in [-0.15, -0.1) is 24.0 Å². The first-order valence-electron chi connectivity index (χ1n) is 10.9. The van der Waals surface area contributed by atoms with Gasteiger partial charge in [-0.3, -0.25) is 4.90 Å². The van der Waals surface area contributed by atoms with Crippen LogP contribution in [0.25, 0.3) is 0 Å². The molecule has 0 unspecified atom stereocenters. The van der Waals surface area contributed by atoms with Crippen LogP contribution in [0.2, 0.25) is 0 Å². The molecule has 1 aromatic carbocycles. The molecule has 0 atom stereocenters. The largest absolute Gasteiger partial charge is 0.508 e. The second-order valence-electron chi connectivity index (χ2n) is 7.93. The second-order valence-corrected chi connectivity index (χ2v) is 7.93. The molecule has 30 heavy (non-hydrogen) atoms. The van der Waals surface area contributed by atoms with E-state index in [0.717, 1.165) is 56.7 Å². The van der Waals surface area contributed by atoms with Crippen LogP contribution in [0.15, 0.2) is 23.2 Å². The van der Waals surface area contributed by atoms with E-state index in [9.17, 15) is 5.11 Å². The highest BCUT2D eigenvalue weighted by Crippen LogP contribution is 2.34. The molecule has 1 aliphatic heterocycles. The molecule has 1 saturated heterocycles. The summed E-state index contributed by atoms with van der Waals surface area (Å²) in [4.78, 5) is 7.34. The van der Waals surface area contributed by atoms with Crippen molar-refractivity contribution in [3.63, 3.8) is 0 Å². The molecule has 1 heterocycles. The minimum absolute atomic E-state index is 0. The summed E-state index contributed by atoms with van der Waals surface area (Å²) in [6, 6.07) is 5.24. The SMILES string of the molecule is CCNC(=NCc1cc(OC)ccc1O)NCC1(N2CCOCC2)CCCCC1.I. The third kappa shape index (κ3) is 6.62. The van der Waals surface area contributed by atoms with Crippen LogP contribution < -0.4 is 15.4 Å². The molecule has 0 bridgehead atoms. The Labute approximate surface area is 197 Å². The normalized spacial score (nSPS) is 19.6. The van der Waals surface area contributed by atoms with Gasteiger partial charge in [-0.2, -0.15) is 0 Å². The Morgan fingerprint density at radius 2 is 1.93 bits per heavy atom. The van der Waals surface area contributed by atoms with Crippen LogP contribution in [0, 0.1) is 0 Å². The highest BCUT2D eigenvalue weighted by molar-refractivity contribution is 14.0. The lowest BCUT2D eigenvalue weighted by Gasteiger charge is -2.48. The van der Waals surface area contributed by atoms with Crippen LogP contribution in [0.1, 0.15) is 44.6 Å². The Balaban J connectivity index is 0.00000320. The maximum absolute atomic E-state index is 10.1. The van der Waals surface area contributed by atoms with Gasteiger partial charge in [0.1, 0.15) is 11.5 Å². The fraction of sp³-hybridized carbons (Fsp3) is 0.682. The van der Waals surface area contributed by atoms with Gasteiger partial charge in [0.15, 0.2) is 5.96 Å². The molecule has 3 N–H and O–H groups in total. The van der Waals surface area contributed by atoms with E-state index in [-0.39, 0.29) is 35.3 Å². The lowest BCUT2D eigenvalue weighted by Crippen LogP contribution is -2.60. The van der Waals surface area contributed by atoms with Gasteiger partial charge in [0.05, 0.1) is 26.9 Å². The number of nitrogens with one attached hydrogen (secondary N) is 2. The van der Waals surface area contributed by atoms with Crippen molar-refractivity contribution in [1.82, 2.24) is 15.5 Å². The van der Waals surface area contributed by atoms with E-state index in [2.05, 4.69) is 22.5 Å². The third-order valence-corrected chi connectivity index (χ3v) is 6.09. The van der Waals surface area contributed by atoms with Gasteiger partial charge >= 0.3 is 0 Å². The summed E-state index contributed by atoms with van der Waals surface area (Å²) >= 11 is 0. The number of methoxy groups -OCH3 is 1. The maximum atomic E-state index is 10.1. The summed E-state index contributed by atoms with van der Waals surface area (Å²) in [7, 11) is 1.63. The Hall–Kier alpha value is -1.26. The second kappa shape index (κ2) is 12.6. The smallest absolute Gasteiger partial charge is 0.191 e. The topological polar surface area (TPSA) is 78.4 Å². The zero-order chi connectivity index (χ0) is 20.5. The van der Waals surface area contributed by atoms with E-state index in [4.69, 9.17) is 14.5 Å². The van der Waals surface area contributed by atoms with Gasteiger partial charge < -0.3 is 25.2 Å². The van der Waals surface area contributed by atoms with Crippen LogP contribution in [-0.4, -0.2) is 68.0 Å². The lowest BCUT2D eigenvalue weighted by molar-refractivity contribution is -0.0352. The molecule has 8 heteroatoms. The fourth-order valence-electron chi connectivity index (χ4n) is 4.42. The molecular weight excluding hydrogens is 495 g/mol. The number of phenols is 1. The molecule has 0 amide bonds. The van der Waals surface area contributed by atoms with Crippen LogP contribution >= 0.6 is 24.0 Å². The predicted molar refractivity (Wildman–Crippen MR) is 131 cm³/mol. The van der Waals surface area contributed by atoms with E-state index in [1.165, 1.54) is 32.1 Å². The molecule has 1 saturated carbocycles. The summed E-state index contributed by atoms with van der Waals surface area (Å²) in [5.74, 6) is 1.75. The Morgan fingerprint density at radius 3 is 2.60 bits per heavy atom. The average molecular weight is 532 g/mol. The lowest BCUT2D eigenvalue weighted by atomic mass is 9.80. The first kappa shape index (κ1) is 25.0. The van der Waals surface area contributed by atoms with Crippen molar-refractivity contribution >= 4 is 29.9 Å². The van der Waals surface area contributed by atoms with Gasteiger partial charge in [0.2, 0.25) is 0 Å². The third-order valence-electron chi connectivity index (χ3n) is 6.09. The fourth-order valence-corrected chi connectivity index (χ4v) is 4.42. The highest BCUT2D eigenvalue weighted by Gasteiger charge is 2.38. The summed E-state index contributed by atoms with van der Waals surface area (Å²) in [5.41, 5.74) is 0.929. The zero-order valence-electron chi connectivity index (χ0n) is 18.3. The van der Waals surface area contributed by atoms with Gasteiger partial charge in [-0.25, -0.2) is 4.99 Å². The molecule has 0 radical (unpaired) electrons. The number of aromatic hydroxyl groups is 1. The quantitative estimate of drug-likeness (QED) is 0.285. The van der Waals surface area contributed by atoms with E-state index in [0.29, 0.717) is 6.54 Å². The van der Waals surface area contributed by atoms with E-state index >= 15 is 0 Å². The van der Waals surface area contributed by atoms with Gasteiger partial charge in [-0.05, 0) is 38.0 Å². The Bertz CT molecular complexity index is 674. The minimum Gasteiger partial charge on any atom is -0.508 e. The molecule has 2 fully saturated rings. The van der Waals surface area contributed by atoms with Crippen molar-refractivity contribution in [2.24, 2.45) is 4.99 Å². The van der Waals surface area contributed by atoms with Crippen LogP contribution in [0.4, 0.5) is 0 Å². The minimum atomic E-state index is 0. The zero-order valence-corrected chi connectivity index (χ0v) is 20.6. The van der Waals surface area contributed by atoms with Crippen molar-refractivity contribution in [3.05, 3.63) is 23.8 Å². The summed E-state index contributed by atoms with van der Waals surface area (Å²) in [6.07, 6.45) is 6.33. The summed E-state index contributed by atoms with van der Waals surface area (Å²) < 4.78 is 10.9. The predicted octanol–water partition coefficient (Wildman–Crippen LogP) is 3.11. The van der Waals surface area contributed by atoms with E-state index < -0.39 is 0 Å². The number of halogens is 1. The number of nitrogens with zero attached hydrogens (tertiary/aromatic N) is 2. The van der Waals surface area contributed by atoms with Crippen LogP contribution in [0.5, 0.6) is 11.5 Å².